The van der Waals surface area contributed by atoms with Crippen molar-refractivity contribution in [1.29, 1.82) is 0 Å². The Hall–Kier alpha value is -1.64. The zero-order valence-corrected chi connectivity index (χ0v) is 8.99. The van der Waals surface area contributed by atoms with Crippen molar-refractivity contribution in [1.82, 2.24) is 0 Å². The Kier molecular flexibility index (Phi) is 4.03. The van der Waals surface area contributed by atoms with Gasteiger partial charge in [-0.1, -0.05) is 26.0 Å². The molecule has 0 atom stereocenters. The number of rotatable bonds is 4. The first-order valence-corrected chi connectivity index (χ1v) is 4.97. The van der Waals surface area contributed by atoms with Crippen LogP contribution in [-0.2, 0) is 4.79 Å². The summed E-state index contributed by atoms with van der Waals surface area (Å²) in [6.07, 6.45) is 1.25. The fourth-order valence-corrected chi connectivity index (χ4v) is 1.27. The highest BCUT2D eigenvalue weighted by molar-refractivity contribution is 5.91. The van der Waals surface area contributed by atoms with Gasteiger partial charge in [0.2, 0.25) is 5.91 Å². The second kappa shape index (κ2) is 5.29. The molecule has 0 fully saturated rings. The van der Waals surface area contributed by atoms with Crippen LogP contribution in [-0.4, -0.2) is 12.2 Å². The van der Waals surface area contributed by atoms with Crippen molar-refractivity contribution in [2.75, 3.05) is 5.32 Å². The molecule has 0 aliphatic rings. The molecule has 1 aromatic rings. The molecular weight excluding hydrogens is 190 g/mol. The normalized spacial score (nSPS) is 10.1. The smallest absolute Gasteiger partial charge is 0.224 e. The Morgan fingerprint density at radius 2 is 2.20 bits per heavy atom. The van der Waals surface area contributed by atoms with Gasteiger partial charge in [-0.15, -0.1) is 0 Å². The SMILES string of the molecule is CC(C)CC(=O)Nc1cccc(C=O)c1. The van der Waals surface area contributed by atoms with Gasteiger partial charge in [0.25, 0.3) is 0 Å². The molecule has 1 amide bonds. The maximum Gasteiger partial charge on any atom is 0.224 e. The third kappa shape index (κ3) is 3.94. The molecule has 1 aromatic carbocycles. The van der Waals surface area contributed by atoms with Gasteiger partial charge in [0, 0.05) is 17.7 Å². The van der Waals surface area contributed by atoms with Crippen molar-refractivity contribution in [3.63, 3.8) is 0 Å². The summed E-state index contributed by atoms with van der Waals surface area (Å²) in [6.45, 7) is 3.98. The largest absolute Gasteiger partial charge is 0.326 e. The Labute approximate surface area is 89.5 Å². The van der Waals surface area contributed by atoms with Gasteiger partial charge in [-0.2, -0.15) is 0 Å². The molecule has 15 heavy (non-hydrogen) atoms. The third-order valence-electron chi connectivity index (χ3n) is 1.90. The molecule has 1 N–H and O–H groups in total. The van der Waals surface area contributed by atoms with Crippen LogP contribution in [0.25, 0.3) is 0 Å². The highest BCUT2D eigenvalue weighted by atomic mass is 16.1. The molecule has 80 valence electrons. The van der Waals surface area contributed by atoms with E-state index >= 15 is 0 Å². The van der Waals surface area contributed by atoms with Gasteiger partial charge < -0.3 is 5.32 Å². The van der Waals surface area contributed by atoms with Crippen LogP contribution >= 0.6 is 0 Å². The monoisotopic (exact) mass is 205 g/mol. The lowest BCUT2D eigenvalue weighted by Gasteiger charge is -2.07. The van der Waals surface area contributed by atoms with Crippen molar-refractivity contribution in [2.45, 2.75) is 20.3 Å². The van der Waals surface area contributed by atoms with Crippen LogP contribution < -0.4 is 5.32 Å². The third-order valence-corrected chi connectivity index (χ3v) is 1.90. The molecule has 0 heterocycles. The van der Waals surface area contributed by atoms with Crippen molar-refractivity contribution < 1.29 is 9.59 Å². The number of carbonyl (C=O) groups is 2. The number of benzene rings is 1. The number of carbonyl (C=O) groups excluding carboxylic acids is 2. The van der Waals surface area contributed by atoms with Crippen molar-refractivity contribution in [3.8, 4) is 0 Å². The number of nitrogens with one attached hydrogen (secondary N) is 1. The molecule has 0 radical (unpaired) electrons. The molecular formula is C12H15NO2. The predicted molar refractivity (Wildman–Crippen MR) is 59.9 cm³/mol. The van der Waals surface area contributed by atoms with Gasteiger partial charge in [0.15, 0.2) is 0 Å². The summed E-state index contributed by atoms with van der Waals surface area (Å²) in [7, 11) is 0. The molecule has 0 aliphatic carbocycles. The molecule has 0 unspecified atom stereocenters. The number of amides is 1. The van der Waals surface area contributed by atoms with E-state index in [2.05, 4.69) is 5.32 Å². The average Bonchev–Trinajstić information content (AvgIpc) is 2.16. The minimum absolute atomic E-state index is 0.0203. The van der Waals surface area contributed by atoms with Gasteiger partial charge in [0.05, 0.1) is 0 Å². The van der Waals surface area contributed by atoms with E-state index < -0.39 is 0 Å². The van der Waals surface area contributed by atoms with Crippen molar-refractivity contribution in [2.24, 2.45) is 5.92 Å². The van der Waals surface area contributed by atoms with E-state index in [1.807, 2.05) is 13.8 Å². The lowest BCUT2D eigenvalue weighted by molar-refractivity contribution is -0.116. The molecule has 0 aliphatic heterocycles. The first-order chi connectivity index (χ1) is 7.11. The number of hydrogen-bond acceptors (Lipinski definition) is 2. The maximum absolute atomic E-state index is 11.4. The van der Waals surface area contributed by atoms with Gasteiger partial charge in [0.1, 0.15) is 6.29 Å². The van der Waals surface area contributed by atoms with Gasteiger partial charge >= 0.3 is 0 Å². The lowest BCUT2D eigenvalue weighted by Crippen LogP contribution is -2.13. The molecule has 0 spiro atoms. The summed E-state index contributed by atoms with van der Waals surface area (Å²) in [5.74, 6) is 0.312. The average molecular weight is 205 g/mol. The van der Waals surface area contributed by atoms with E-state index in [0.29, 0.717) is 23.6 Å². The van der Waals surface area contributed by atoms with Gasteiger partial charge in [-0.05, 0) is 18.1 Å². The van der Waals surface area contributed by atoms with Crippen LogP contribution in [0.5, 0.6) is 0 Å². The molecule has 3 heteroatoms. The first-order valence-electron chi connectivity index (χ1n) is 4.97. The number of hydrogen-bond donors (Lipinski definition) is 1. The first kappa shape index (κ1) is 11.4. The fourth-order valence-electron chi connectivity index (χ4n) is 1.27. The molecule has 1 rings (SSSR count). The van der Waals surface area contributed by atoms with Crippen LogP contribution in [0.1, 0.15) is 30.6 Å². The minimum Gasteiger partial charge on any atom is -0.326 e. The summed E-state index contributed by atoms with van der Waals surface area (Å²) in [5.41, 5.74) is 1.24. The summed E-state index contributed by atoms with van der Waals surface area (Å²) in [5, 5.41) is 2.75. The van der Waals surface area contributed by atoms with Crippen LogP contribution in [0.3, 0.4) is 0 Å². The van der Waals surface area contributed by atoms with E-state index in [1.54, 1.807) is 24.3 Å². The summed E-state index contributed by atoms with van der Waals surface area (Å²) < 4.78 is 0. The van der Waals surface area contributed by atoms with E-state index in [4.69, 9.17) is 0 Å². The lowest BCUT2D eigenvalue weighted by atomic mass is 10.1. The zero-order chi connectivity index (χ0) is 11.3. The van der Waals surface area contributed by atoms with E-state index in [0.717, 1.165) is 6.29 Å². The Bertz CT molecular complexity index is 358. The van der Waals surface area contributed by atoms with Gasteiger partial charge in [-0.25, -0.2) is 0 Å². The second-order valence-corrected chi connectivity index (χ2v) is 3.89. The Balaban J connectivity index is 2.64. The molecule has 3 nitrogen and oxygen atoms in total. The number of anilines is 1. The van der Waals surface area contributed by atoms with Crippen molar-refractivity contribution >= 4 is 17.9 Å². The summed E-state index contributed by atoms with van der Waals surface area (Å²) in [4.78, 5) is 21.9. The second-order valence-electron chi connectivity index (χ2n) is 3.89. The number of aldehydes is 1. The van der Waals surface area contributed by atoms with E-state index in [-0.39, 0.29) is 5.91 Å². The Morgan fingerprint density at radius 1 is 1.47 bits per heavy atom. The van der Waals surface area contributed by atoms with E-state index in [9.17, 15) is 9.59 Å². The fraction of sp³-hybridized carbons (Fsp3) is 0.333. The standard InChI is InChI=1S/C12H15NO2/c1-9(2)6-12(15)13-11-5-3-4-10(7-11)8-14/h3-5,7-9H,6H2,1-2H3,(H,13,15). The highest BCUT2D eigenvalue weighted by Gasteiger charge is 2.05. The summed E-state index contributed by atoms with van der Waals surface area (Å²) in [6, 6.07) is 6.87. The highest BCUT2D eigenvalue weighted by Crippen LogP contribution is 2.10. The minimum atomic E-state index is -0.0203. The van der Waals surface area contributed by atoms with E-state index in [1.165, 1.54) is 0 Å². The quantitative estimate of drug-likeness (QED) is 0.767. The molecule has 0 saturated heterocycles. The van der Waals surface area contributed by atoms with Crippen LogP contribution in [0.15, 0.2) is 24.3 Å². The molecule has 0 bridgehead atoms. The molecule has 0 aromatic heterocycles. The van der Waals surface area contributed by atoms with Crippen LogP contribution in [0.4, 0.5) is 5.69 Å². The van der Waals surface area contributed by atoms with Crippen molar-refractivity contribution in [3.05, 3.63) is 29.8 Å². The topological polar surface area (TPSA) is 46.2 Å². The summed E-state index contributed by atoms with van der Waals surface area (Å²) >= 11 is 0. The zero-order valence-electron chi connectivity index (χ0n) is 8.99. The predicted octanol–water partition coefficient (Wildman–Crippen LogP) is 2.48. The van der Waals surface area contributed by atoms with Gasteiger partial charge in [-0.3, -0.25) is 9.59 Å². The maximum atomic E-state index is 11.4. The van der Waals surface area contributed by atoms with Crippen LogP contribution in [0.2, 0.25) is 0 Å². The van der Waals surface area contributed by atoms with Crippen LogP contribution in [0, 0.1) is 5.92 Å². The Morgan fingerprint density at radius 3 is 2.80 bits per heavy atom. The molecule has 0 saturated carbocycles.